The number of carbonyl (C=O) groups is 2. The molecular formula is C23H28N2O7. The summed E-state index contributed by atoms with van der Waals surface area (Å²) in [4.78, 5) is 25.1. The van der Waals surface area contributed by atoms with Crippen LogP contribution in [0.1, 0.15) is 22.8 Å². The van der Waals surface area contributed by atoms with Gasteiger partial charge in [0.05, 0.1) is 40.7 Å². The molecule has 0 aliphatic carbocycles. The molecule has 2 aromatic rings. The molecule has 0 aliphatic rings. The fourth-order valence-electron chi connectivity index (χ4n) is 2.98. The maximum Gasteiger partial charge on any atom is 0.243 e. The molecule has 0 aromatic heterocycles. The second-order valence-corrected chi connectivity index (χ2v) is 6.81. The molecule has 0 bridgehead atoms. The zero-order chi connectivity index (χ0) is 23.8. The number of Topliss-reactive ketones (excluding diaryl/α,β-unsaturated/α-hetero) is 1. The molecule has 1 atom stereocenters. The Labute approximate surface area is 186 Å². The minimum Gasteiger partial charge on any atom is -0.495 e. The van der Waals surface area contributed by atoms with Crippen LogP contribution in [-0.2, 0) is 4.79 Å². The lowest BCUT2D eigenvalue weighted by atomic mass is 10.0. The Hall–Kier alpha value is -3.56. The Kier molecular flexibility index (Phi) is 8.62. The number of anilines is 1. The molecule has 0 heterocycles. The van der Waals surface area contributed by atoms with Crippen molar-refractivity contribution in [2.24, 2.45) is 5.73 Å². The Morgan fingerprint density at radius 3 is 2.09 bits per heavy atom. The molecule has 4 N–H and O–H groups in total. The van der Waals surface area contributed by atoms with Crippen LogP contribution in [0.4, 0.5) is 5.69 Å². The van der Waals surface area contributed by atoms with Gasteiger partial charge in [0.2, 0.25) is 11.7 Å². The molecule has 0 saturated heterocycles. The molecule has 0 spiro atoms. The third-order valence-electron chi connectivity index (χ3n) is 4.68. The van der Waals surface area contributed by atoms with Crippen molar-refractivity contribution < 1.29 is 33.6 Å². The predicted molar refractivity (Wildman–Crippen MR) is 121 cm³/mol. The highest BCUT2D eigenvalue weighted by atomic mass is 16.5. The zero-order valence-electron chi connectivity index (χ0n) is 18.7. The lowest BCUT2D eigenvalue weighted by Gasteiger charge is -2.14. The zero-order valence-corrected chi connectivity index (χ0v) is 18.7. The number of amides is 1. The number of aliphatic hydroxyl groups is 1. The molecule has 1 amide bonds. The van der Waals surface area contributed by atoms with Crippen molar-refractivity contribution in [3.8, 4) is 23.0 Å². The van der Waals surface area contributed by atoms with Crippen molar-refractivity contribution in [1.82, 2.24) is 0 Å². The number of methoxy groups -OCH3 is 4. The summed E-state index contributed by atoms with van der Waals surface area (Å²) in [6, 6.07) is 7.14. The number of ether oxygens (including phenoxy) is 4. The molecule has 2 rings (SSSR count). The number of hydrogen-bond acceptors (Lipinski definition) is 8. The average molecular weight is 444 g/mol. The fraction of sp³-hybridized carbons (Fsp3) is 0.304. The normalized spacial score (nSPS) is 12.0. The van der Waals surface area contributed by atoms with Crippen LogP contribution in [0.2, 0.25) is 0 Å². The number of ketones is 1. The number of rotatable bonds is 10. The largest absolute Gasteiger partial charge is 0.495 e. The summed E-state index contributed by atoms with van der Waals surface area (Å²) in [5.41, 5.74) is 7.38. The first-order valence-corrected chi connectivity index (χ1v) is 9.67. The molecule has 0 fully saturated rings. The van der Waals surface area contributed by atoms with Crippen LogP contribution < -0.4 is 30.0 Å². The topological polar surface area (TPSA) is 129 Å². The van der Waals surface area contributed by atoms with E-state index in [9.17, 15) is 9.59 Å². The number of hydrogen-bond donors (Lipinski definition) is 3. The van der Waals surface area contributed by atoms with Crippen LogP contribution in [0.25, 0.3) is 6.08 Å². The number of allylic oxidation sites excluding steroid dienone is 1. The highest BCUT2D eigenvalue weighted by Crippen LogP contribution is 2.38. The molecule has 32 heavy (non-hydrogen) atoms. The molecule has 0 aliphatic heterocycles. The van der Waals surface area contributed by atoms with Gasteiger partial charge in [0.25, 0.3) is 0 Å². The van der Waals surface area contributed by atoms with Crippen molar-refractivity contribution in [2.75, 3.05) is 40.4 Å². The van der Waals surface area contributed by atoms with E-state index >= 15 is 0 Å². The van der Waals surface area contributed by atoms with Gasteiger partial charge < -0.3 is 35.1 Å². The lowest BCUT2D eigenvalue weighted by molar-refractivity contribution is -0.118. The standard InChI is InChI=1S/C23H28N2O7/c1-13(21(27)15-10-19(30-3)22(32-5)20(11-15)31-4)8-14-6-7-18(29-2)17(9-14)25-23(28)16(24)12-26/h6-11,16,26H,12,24H2,1-5H3,(H,25,28)/b13-8+/t16-/m0/s1. The van der Waals surface area contributed by atoms with E-state index in [1.54, 1.807) is 43.3 Å². The summed E-state index contributed by atoms with van der Waals surface area (Å²) in [6.45, 7) is 1.19. The lowest BCUT2D eigenvalue weighted by Crippen LogP contribution is -2.38. The van der Waals surface area contributed by atoms with Gasteiger partial charge in [-0.05, 0) is 48.4 Å². The van der Waals surface area contributed by atoms with E-state index in [0.717, 1.165) is 0 Å². The second kappa shape index (κ2) is 11.2. The summed E-state index contributed by atoms with van der Waals surface area (Å²) in [5.74, 6) is 0.750. The van der Waals surface area contributed by atoms with Gasteiger partial charge in [0.1, 0.15) is 11.8 Å². The maximum atomic E-state index is 13.0. The third-order valence-corrected chi connectivity index (χ3v) is 4.68. The molecule has 0 saturated carbocycles. The Balaban J connectivity index is 2.39. The molecule has 0 radical (unpaired) electrons. The quantitative estimate of drug-likeness (QED) is 0.376. The SMILES string of the molecule is COc1ccc(/C=C(\C)C(=O)c2cc(OC)c(OC)c(OC)c2)cc1NC(=O)[C@@H](N)CO. The number of benzene rings is 2. The summed E-state index contributed by atoms with van der Waals surface area (Å²) in [6.07, 6.45) is 1.67. The van der Waals surface area contributed by atoms with Crippen molar-refractivity contribution in [3.63, 3.8) is 0 Å². The van der Waals surface area contributed by atoms with E-state index in [4.69, 9.17) is 29.8 Å². The first-order chi connectivity index (χ1) is 15.3. The van der Waals surface area contributed by atoms with Gasteiger partial charge in [0, 0.05) is 5.56 Å². The highest BCUT2D eigenvalue weighted by molar-refractivity contribution is 6.11. The number of nitrogens with one attached hydrogen (secondary N) is 1. The van der Waals surface area contributed by atoms with E-state index in [2.05, 4.69) is 5.32 Å². The van der Waals surface area contributed by atoms with Gasteiger partial charge in [-0.1, -0.05) is 6.07 Å². The van der Waals surface area contributed by atoms with Crippen LogP contribution in [0, 0.1) is 0 Å². The summed E-state index contributed by atoms with van der Waals surface area (Å²) in [5, 5.41) is 11.7. The molecule has 9 nitrogen and oxygen atoms in total. The highest BCUT2D eigenvalue weighted by Gasteiger charge is 2.18. The second-order valence-electron chi connectivity index (χ2n) is 6.81. The van der Waals surface area contributed by atoms with Crippen molar-refractivity contribution in [1.29, 1.82) is 0 Å². The number of aliphatic hydroxyl groups excluding tert-OH is 1. The van der Waals surface area contributed by atoms with Crippen molar-refractivity contribution >= 4 is 23.5 Å². The van der Waals surface area contributed by atoms with Gasteiger partial charge in [-0.25, -0.2) is 0 Å². The van der Waals surface area contributed by atoms with E-state index in [0.29, 0.717) is 45.4 Å². The van der Waals surface area contributed by atoms with Gasteiger partial charge in [-0.3, -0.25) is 9.59 Å². The number of carbonyl (C=O) groups excluding carboxylic acids is 2. The smallest absolute Gasteiger partial charge is 0.243 e. The van der Waals surface area contributed by atoms with Crippen LogP contribution in [0.5, 0.6) is 23.0 Å². The van der Waals surface area contributed by atoms with Crippen LogP contribution in [-0.4, -0.2) is 57.9 Å². The number of nitrogens with two attached hydrogens (primary N) is 1. The molecule has 0 unspecified atom stereocenters. The minimum absolute atomic E-state index is 0.243. The molecule has 172 valence electrons. The van der Waals surface area contributed by atoms with Gasteiger partial charge in [-0.15, -0.1) is 0 Å². The Bertz CT molecular complexity index is 992. The summed E-state index contributed by atoms with van der Waals surface area (Å²) in [7, 11) is 5.90. The summed E-state index contributed by atoms with van der Waals surface area (Å²) >= 11 is 0. The van der Waals surface area contributed by atoms with Gasteiger partial charge in [0.15, 0.2) is 17.3 Å². The van der Waals surface area contributed by atoms with E-state index in [1.165, 1.54) is 28.4 Å². The first-order valence-electron chi connectivity index (χ1n) is 9.67. The predicted octanol–water partition coefficient (Wildman–Crippen LogP) is 2.27. The van der Waals surface area contributed by atoms with Gasteiger partial charge >= 0.3 is 0 Å². The Morgan fingerprint density at radius 2 is 1.59 bits per heavy atom. The molecule has 9 heteroatoms. The van der Waals surface area contributed by atoms with Crippen molar-refractivity contribution in [3.05, 3.63) is 47.0 Å². The van der Waals surface area contributed by atoms with Gasteiger partial charge in [-0.2, -0.15) is 0 Å². The van der Waals surface area contributed by atoms with E-state index in [1.807, 2.05) is 0 Å². The minimum atomic E-state index is -1.07. The maximum absolute atomic E-state index is 13.0. The van der Waals surface area contributed by atoms with Crippen LogP contribution >= 0.6 is 0 Å². The fourth-order valence-corrected chi connectivity index (χ4v) is 2.98. The Morgan fingerprint density at radius 1 is 1.00 bits per heavy atom. The average Bonchev–Trinajstić information content (AvgIpc) is 2.81. The van der Waals surface area contributed by atoms with E-state index in [-0.39, 0.29) is 5.78 Å². The van der Waals surface area contributed by atoms with Crippen LogP contribution in [0.3, 0.4) is 0 Å². The monoisotopic (exact) mass is 444 g/mol. The van der Waals surface area contributed by atoms with E-state index < -0.39 is 18.6 Å². The summed E-state index contributed by atoms with van der Waals surface area (Å²) < 4.78 is 21.2. The molecular weight excluding hydrogens is 416 g/mol. The third kappa shape index (κ3) is 5.57. The van der Waals surface area contributed by atoms with Crippen LogP contribution in [0.15, 0.2) is 35.9 Å². The molecule has 2 aromatic carbocycles. The first kappa shape index (κ1) is 24.7. The van der Waals surface area contributed by atoms with Crippen molar-refractivity contribution in [2.45, 2.75) is 13.0 Å².